The molecule has 3 aromatic rings. The SMILES string of the molecule is Cc1ccc(CN(C)Cc2nnc(SCCCO)n2-c2cccc(Cl)c2)c(C)c1. The Morgan fingerprint density at radius 1 is 1.10 bits per heavy atom. The second-order valence-corrected chi connectivity index (χ2v) is 8.74. The molecule has 1 aromatic heterocycles. The lowest BCUT2D eigenvalue weighted by Gasteiger charge is -2.19. The van der Waals surface area contributed by atoms with Crippen LogP contribution in [0.15, 0.2) is 47.6 Å². The lowest BCUT2D eigenvalue weighted by molar-refractivity contribution is 0.296. The number of halogens is 1. The van der Waals surface area contributed by atoms with E-state index in [2.05, 4.69) is 58.8 Å². The van der Waals surface area contributed by atoms with Gasteiger partial charge in [-0.3, -0.25) is 9.47 Å². The number of aryl methyl sites for hydroxylation is 2. The molecule has 0 atom stereocenters. The van der Waals surface area contributed by atoms with Crippen LogP contribution in [0, 0.1) is 13.8 Å². The van der Waals surface area contributed by atoms with E-state index in [4.69, 9.17) is 16.7 Å². The van der Waals surface area contributed by atoms with E-state index in [9.17, 15) is 0 Å². The summed E-state index contributed by atoms with van der Waals surface area (Å²) < 4.78 is 2.06. The van der Waals surface area contributed by atoms with Crippen LogP contribution < -0.4 is 0 Å². The standard InChI is InChI=1S/C22H27ClN4OS/c1-16-8-9-18(17(2)12-16)14-26(3)15-21-24-25-22(29-11-5-10-28)27(21)20-7-4-6-19(23)13-20/h4,6-9,12-13,28H,5,10-11,14-15H2,1-3H3. The number of thioether (sulfide) groups is 1. The normalized spacial score (nSPS) is 11.4. The third-order valence-corrected chi connectivity index (χ3v) is 5.90. The van der Waals surface area contributed by atoms with Crippen molar-refractivity contribution in [1.29, 1.82) is 0 Å². The molecule has 2 aromatic carbocycles. The lowest BCUT2D eigenvalue weighted by Crippen LogP contribution is -2.20. The number of nitrogens with zero attached hydrogens (tertiary/aromatic N) is 4. The molecule has 0 aliphatic carbocycles. The van der Waals surface area contributed by atoms with Crippen molar-refractivity contribution < 1.29 is 5.11 Å². The fraction of sp³-hybridized carbons (Fsp3) is 0.364. The van der Waals surface area contributed by atoms with Gasteiger partial charge in [0.25, 0.3) is 0 Å². The van der Waals surface area contributed by atoms with Crippen molar-refractivity contribution in [3.63, 3.8) is 0 Å². The topological polar surface area (TPSA) is 54.2 Å². The van der Waals surface area contributed by atoms with Crippen molar-refractivity contribution in [2.24, 2.45) is 0 Å². The van der Waals surface area contributed by atoms with E-state index in [1.54, 1.807) is 11.8 Å². The predicted octanol–water partition coefficient (Wildman–Crippen LogP) is 4.64. The minimum Gasteiger partial charge on any atom is -0.396 e. The monoisotopic (exact) mass is 430 g/mol. The summed E-state index contributed by atoms with van der Waals surface area (Å²) in [5, 5.41) is 19.5. The molecular weight excluding hydrogens is 404 g/mol. The first-order valence-corrected chi connectivity index (χ1v) is 11.0. The fourth-order valence-corrected chi connectivity index (χ4v) is 4.29. The Labute approximate surface area is 181 Å². The van der Waals surface area contributed by atoms with Crippen LogP contribution in [0.5, 0.6) is 0 Å². The molecule has 0 fully saturated rings. The van der Waals surface area contributed by atoms with Crippen LogP contribution in [0.4, 0.5) is 0 Å². The summed E-state index contributed by atoms with van der Waals surface area (Å²) in [5.41, 5.74) is 4.83. The molecule has 0 unspecified atom stereocenters. The van der Waals surface area contributed by atoms with E-state index in [1.165, 1.54) is 16.7 Å². The molecule has 7 heteroatoms. The van der Waals surface area contributed by atoms with E-state index in [0.29, 0.717) is 11.6 Å². The van der Waals surface area contributed by atoms with Crippen molar-refractivity contribution in [1.82, 2.24) is 19.7 Å². The van der Waals surface area contributed by atoms with Crippen molar-refractivity contribution in [3.8, 4) is 5.69 Å². The number of hydrogen-bond acceptors (Lipinski definition) is 5. The predicted molar refractivity (Wildman–Crippen MR) is 120 cm³/mol. The number of aliphatic hydroxyl groups is 1. The maximum Gasteiger partial charge on any atom is 0.195 e. The summed E-state index contributed by atoms with van der Waals surface area (Å²) in [6.07, 6.45) is 0.717. The maximum atomic E-state index is 9.09. The summed E-state index contributed by atoms with van der Waals surface area (Å²) >= 11 is 7.83. The van der Waals surface area contributed by atoms with Gasteiger partial charge in [-0.15, -0.1) is 10.2 Å². The molecule has 5 nitrogen and oxygen atoms in total. The first kappa shape index (κ1) is 21.8. The molecule has 0 bridgehead atoms. The highest BCUT2D eigenvalue weighted by Crippen LogP contribution is 2.25. The summed E-state index contributed by atoms with van der Waals surface area (Å²) in [4.78, 5) is 2.24. The van der Waals surface area contributed by atoms with Crippen molar-refractivity contribution in [2.75, 3.05) is 19.4 Å². The highest BCUT2D eigenvalue weighted by molar-refractivity contribution is 7.99. The van der Waals surface area contributed by atoms with Crippen LogP contribution in [-0.4, -0.2) is 44.2 Å². The van der Waals surface area contributed by atoms with Gasteiger partial charge in [0.05, 0.1) is 12.2 Å². The summed E-state index contributed by atoms with van der Waals surface area (Å²) in [6.45, 7) is 5.93. The molecule has 0 aliphatic rings. The van der Waals surface area contributed by atoms with Gasteiger partial charge in [0.15, 0.2) is 11.0 Å². The number of rotatable bonds is 9. The van der Waals surface area contributed by atoms with E-state index < -0.39 is 0 Å². The first-order chi connectivity index (χ1) is 14.0. The van der Waals surface area contributed by atoms with Crippen molar-refractivity contribution >= 4 is 23.4 Å². The minimum atomic E-state index is 0.170. The lowest BCUT2D eigenvalue weighted by atomic mass is 10.1. The van der Waals surface area contributed by atoms with E-state index in [-0.39, 0.29) is 6.61 Å². The first-order valence-electron chi connectivity index (χ1n) is 9.66. The van der Waals surface area contributed by atoms with Crippen molar-refractivity contribution in [3.05, 3.63) is 70.0 Å². The van der Waals surface area contributed by atoms with E-state index in [1.807, 2.05) is 24.3 Å². The van der Waals surface area contributed by atoms with E-state index in [0.717, 1.165) is 35.4 Å². The summed E-state index contributed by atoms with van der Waals surface area (Å²) in [5.74, 6) is 1.65. The van der Waals surface area contributed by atoms with Crippen LogP contribution >= 0.6 is 23.4 Å². The molecule has 0 saturated carbocycles. The summed E-state index contributed by atoms with van der Waals surface area (Å²) in [6, 6.07) is 14.3. The van der Waals surface area contributed by atoms with Gasteiger partial charge in [0, 0.05) is 23.9 Å². The largest absolute Gasteiger partial charge is 0.396 e. The third kappa shape index (κ3) is 5.82. The molecule has 0 spiro atoms. The Morgan fingerprint density at radius 3 is 2.66 bits per heavy atom. The molecule has 1 N–H and O–H groups in total. The number of hydrogen-bond donors (Lipinski definition) is 1. The molecule has 3 rings (SSSR count). The maximum absolute atomic E-state index is 9.09. The Morgan fingerprint density at radius 2 is 1.93 bits per heavy atom. The molecule has 154 valence electrons. The average Bonchev–Trinajstić information content (AvgIpc) is 3.06. The van der Waals surface area contributed by atoms with Gasteiger partial charge < -0.3 is 5.11 Å². The highest BCUT2D eigenvalue weighted by Gasteiger charge is 2.17. The quantitative estimate of drug-likeness (QED) is 0.395. The van der Waals surface area contributed by atoms with Crippen molar-refractivity contribution in [2.45, 2.75) is 38.5 Å². The zero-order valence-electron chi connectivity index (χ0n) is 17.1. The molecular formula is C22H27ClN4OS. The highest BCUT2D eigenvalue weighted by atomic mass is 35.5. The molecule has 0 amide bonds. The molecule has 0 radical (unpaired) electrons. The zero-order chi connectivity index (χ0) is 20.8. The van der Waals surface area contributed by atoms with Gasteiger partial charge in [0.2, 0.25) is 0 Å². The second kappa shape index (κ2) is 10.3. The Balaban J connectivity index is 1.84. The molecule has 0 saturated heterocycles. The Bertz CT molecular complexity index is 960. The summed E-state index contributed by atoms with van der Waals surface area (Å²) in [7, 11) is 2.09. The zero-order valence-corrected chi connectivity index (χ0v) is 18.7. The Kier molecular flexibility index (Phi) is 7.72. The van der Waals surface area contributed by atoms with Crippen LogP contribution in [0.1, 0.15) is 28.9 Å². The van der Waals surface area contributed by atoms with Gasteiger partial charge in [-0.2, -0.15) is 0 Å². The smallest absolute Gasteiger partial charge is 0.195 e. The third-order valence-electron chi connectivity index (χ3n) is 4.65. The minimum absolute atomic E-state index is 0.170. The number of benzene rings is 2. The van der Waals surface area contributed by atoms with Gasteiger partial charge in [-0.05, 0) is 56.6 Å². The Hall–Kier alpha value is -1.86. The van der Waals surface area contributed by atoms with Gasteiger partial charge >= 0.3 is 0 Å². The number of aromatic nitrogens is 3. The van der Waals surface area contributed by atoms with Gasteiger partial charge in [0.1, 0.15) is 0 Å². The second-order valence-electron chi connectivity index (χ2n) is 7.24. The fourth-order valence-electron chi connectivity index (χ4n) is 3.21. The number of aliphatic hydroxyl groups excluding tert-OH is 1. The van der Waals surface area contributed by atoms with Crippen LogP contribution in [0.25, 0.3) is 5.69 Å². The average molecular weight is 431 g/mol. The van der Waals surface area contributed by atoms with Gasteiger partial charge in [-0.25, -0.2) is 0 Å². The van der Waals surface area contributed by atoms with Crippen LogP contribution in [-0.2, 0) is 13.1 Å². The van der Waals surface area contributed by atoms with E-state index >= 15 is 0 Å². The van der Waals surface area contributed by atoms with Gasteiger partial charge in [-0.1, -0.05) is 53.2 Å². The van der Waals surface area contributed by atoms with Crippen LogP contribution in [0.2, 0.25) is 5.02 Å². The molecule has 1 heterocycles. The van der Waals surface area contributed by atoms with Crippen LogP contribution in [0.3, 0.4) is 0 Å². The molecule has 0 aliphatic heterocycles. The molecule has 29 heavy (non-hydrogen) atoms.